The first-order valence-corrected chi connectivity index (χ1v) is 7.39. The van der Waals surface area contributed by atoms with Gasteiger partial charge in [-0.15, -0.1) is 0 Å². The van der Waals surface area contributed by atoms with Crippen molar-refractivity contribution in [2.45, 2.75) is 12.5 Å². The fraction of sp³-hybridized carbons (Fsp3) is 0.500. The maximum atomic E-state index is 11.8. The van der Waals surface area contributed by atoms with Crippen LogP contribution in [0, 0.1) is 0 Å². The topological polar surface area (TPSA) is 74.3 Å². The van der Waals surface area contributed by atoms with Crippen LogP contribution >= 0.6 is 0 Å². The zero-order valence-electron chi connectivity index (χ0n) is 13.3. The van der Waals surface area contributed by atoms with Crippen LogP contribution in [0.1, 0.15) is 6.42 Å². The van der Waals surface area contributed by atoms with Crippen LogP contribution in [0.15, 0.2) is 24.3 Å². The van der Waals surface area contributed by atoms with Crippen molar-refractivity contribution in [3.63, 3.8) is 0 Å². The molecule has 1 saturated heterocycles. The summed E-state index contributed by atoms with van der Waals surface area (Å²) in [6, 6.07) is 7.41. The van der Waals surface area contributed by atoms with Gasteiger partial charge in [-0.2, -0.15) is 0 Å². The second-order valence-electron chi connectivity index (χ2n) is 5.08. The number of para-hydroxylation sites is 2. The number of rotatable bonds is 6. The molecule has 126 valence electrons. The van der Waals surface area contributed by atoms with Crippen LogP contribution in [0.5, 0.6) is 11.5 Å². The molecule has 1 aromatic carbocycles. The lowest BCUT2D eigenvalue weighted by Crippen LogP contribution is -2.47. The summed E-state index contributed by atoms with van der Waals surface area (Å²) in [4.78, 5) is 24.9. The SMILES string of the molecule is COC(=O)OC1CN(CCOc2ccccc2OC)CCC1=O. The summed E-state index contributed by atoms with van der Waals surface area (Å²) >= 11 is 0. The van der Waals surface area contributed by atoms with Crippen LogP contribution in [0.4, 0.5) is 4.79 Å². The first-order chi connectivity index (χ1) is 11.1. The number of benzene rings is 1. The summed E-state index contributed by atoms with van der Waals surface area (Å²) in [7, 11) is 2.81. The molecule has 2 rings (SSSR count). The lowest BCUT2D eigenvalue weighted by atomic mass is 10.1. The fourth-order valence-corrected chi connectivity index (χ4v) is 2.35. The lowest BCUT2D eigenvalue weighted by molar-refractivity contribution is -0.133. The smallest absolute Gasteiger partial charge is 0.493 e. The van der Waals surface area contributed by atoms with E-state index in [0.717, 1.165) is 0 Å². The molecular weight excluding hydrogens is 302 g/mol. The van der Waals surface area contributed by atoms with Gasteiger partial charge in [0.25, 0.3) is 0 Å². The Labute approximate surface area is 135 Å². The summed E-state index contributed by atoms with van der Waals surface area (Å²) < 4.78 is 20.3. The third kappa shape index (κ3) is 4.85. The molecular formula is C16H21NO6. The van der Waals surface area contributed by atoms with Gasteiger partial charge in [0.2, 0.25) is 0 Å². The second kappa shape index (κ2) is 8.38. The van der Waals surface area contributed by atoms with E-state index in [1.165, 1.54) is 7.11 Å². The molecule has 0 bridgehead atoms. The molecule has 23 heavy (non-hydrogen) atoms. The summed E-state index contributed by atoms with van der Waals surface area (Å²) in [5.41, 5.74) is 0. The number of ketones is 1. The minimum atomic E-state index is -0.838. The van der Waals surface area contributed by atoms with E-state index in [0.29, 0.717) is 44.2 Å². The Morgan fingerprint density at radius 1 is 1.26 bits per heavy atom. The number of methoxy groups -OCH3 is 2. The van der Waals surface area contributed by atoms with Gasteiger partial charge < -0.3 is 18.9 Å². The van der Waals surface area contributed by atoms with Crippen molar-refractivity contribution < 1.29 is 28.5 Å². The predicted molar refractivity (Wildman–Crippen MR) is 81.8 cm³/mol. The van der Waals surface area contributed by atoms with Gasteiger partial charge in [0, 0.05) is 26.1 Å². The first-order valence-electron chi connectivity index (χ1n) is 7.39. The molecule has 0 radical (unpaired) electrons. The Morgan fingerprint density at radius 2 is 2.00 bits per heavy atom. The van der Waals surface area contributed by atoms with Gasteiger partial charge >= 0.3 is 6.16 Å². The number of carbonyl (C=O) groups is 2. The van der Waals surface area contributed by atoms with Crippen molar-refractivity contribution in [1.29, 1.82) is 0 Å². The summed E-state index contributed by atoms with van der Waals surface area (Å²) in [6.45, 7) is 2.03. The highest BCUT2D eigenvalue weighted by Gasteiger charge is 2.30. The summed E-state index contributed by atoms with van der Waals surface area (Å²) in [6.07, 6.45) is -1.27. The van der Waals surface area contributed by atoms with E-state index in [4.69, 9.17) is 14.2 Å². The van der Waals surface area contributed by atoms with E-state index < -0.39 is 12.3 Å². The van der Waals surface area contributed by atoms with E-state index in [9.17, 15) is 9.59 Å². The molecule has 1 fully saturated rings. The van der Waals surface area contributed by atoms with Crippen LogP contribution in [0.2, 0.25) is 0 Å². The highest BCUT2D eigenvalue weighted by Crippen LogP contribution is 2.25. The van der Waals surface area contributed by atoms with E-state index >= 15 is 0 Å². The van der Waals surface area contributed by atoms with Crippen molar-refractivity contribution >= 4 is 11.9 Å². The number of ether oxygens (including phenoxy) is 4. The van der Waals surface area contributed by atoms with Crippen molar-refractivity contribution in [1.82, 2.24) is 4.90 Å². The van der Waals surface area contributed by atoms with Crippen LogP contribution < -0.4 is 9.47 Å². The lowest BCUT2D eigenvalue weighted by Gasteiger charge is -2.30. The predicted octanol–water partition coefficient (Wildman–Crippen LogP) is 1.50. The summed E-state index contributed by atoms with van der Waals surface area (Å²) in [5, 5.41) is 0. The highest BCUT2D eigenvalue weighted by atomic mass is 16.7. The molecule has 1 aliphatic heterocycles. The van der Waals surface area contributed by atoms with Gasteiger partial charge in [0.1, 0.15) is 6.61 Å². The third-order valence-corrected chi connectivity index (χ3v) is 3.60. The molecule has 0 amide bonds. The fourth-order valence-electron chi connectivity index (χ4n) is 2.35. The number of hydrogen-bond donors (Lipinski definition) is 0. The molecule has 7 nitrogen and oxygen atoms in total. The van der Waals surface area contributed by atoms with Gasteiger partial charge in [0.05, 0.1) is 14.2 Å². The number of nitrogens with zero attached hydrogens (tertiary/aromatic N) is 1. The Hall–Kier alpha value is -2.28. The highest BCUT2D eigenvalue weighted by molar-refractivity contribution is 5.85. The summed E-state index contributed by atoms with van der Waals surface area (Å²) in [5.74, 6) is 1.26. The van der Waals surface area contributed by atoms with E-state index in [1.807, 2.05) is 29.2 Å². The van der Waals surface area contributed by atoms with Gasteiger partial charge in [0.15, 0.2) is 23.4 Å². The molecule has 1 aliphatic rings. The van der Waals surface area contributed by atoms with E-state index in [-0.39, 0.29) is 5.78 Å². The van der Waals surface area contributed by atoms with E-state index in [1.54, 1.807) is 7.11 Å². The van der Waals surface area contributed by atoms with Crippen LogP contribution in [0.3, 0.4) is 0 Å². The molecule has 0 spiro atoms. The Kier molecular flexibility index (Phi) is 6.22. The number of likely N-dealkylation sites (tertiary alicyclic amines) is 1. The average Bonchev–Trinajstić information content (AvgIpc) is 2.58. The zero-order chi connectivity index (χ0) is 16.7. The largest absolute Gasteiger partial charge is 0.508 e. The van der Waals surface area contributed by atoms with Crippen LogP contribution in [0.25, 0.3) is 0 Å². The van der Waals surface area contributed by atoms with Gasteiger partial charge in [-0.05, 0) is 12.1 Å². The molecule has 1 unspecified atom stereocenters. The Morgan fingerprint density at radius 3 is 2.70 bits per heavy atom. The Balaban J connectivity index is 1.81. The third-order valence-electron chi connectivity index (χ3n) is 3.60. The number of Topliss-reactive ketones (excluding diaryl/α,β-unsaturated/α-hetero) is 1. The quantitative estimate of drug-likeness (QED) is 0.734. The molecule has 1 heterocycles. The van der Waals surface area contributed by atoms with Crippen LogP contribution in [-0.4, -0.2) is 63.4 Å². The van der Waals surface area contributed by atoms with Crippen molar-refractivity contribution in [2.75, 3.05) is 40.5 Å². The van der Waals surface area contributed by atoms with Crippen molar-refractivity contribution in [2.24, 2.45) is 0 Å². The number of hydrogen-bond acceptors (Lipinski definition) is 7. The van der Waals surface area contributed by atoms with Crippen molar-refractivity contribution in [3.05, 3.63) is 24.3 Å². The Bertz CT molecular complexity index is 547. The molecule has 1 aromatic rings. The number of carbonyl (C=O) groups excluding carboxylic acids is 2. The maximum absolute atomic E-state index is 11.8. The molecule has 0 aliphatic carbocycles. The minimum absolute atomic E-state index is 0.0858. The van der Waals surface area contributed by atoms with Gasteiger partial charge in [-0.3, -0.25) is 9.69 Å². The normalized spacial score (nSPS) is 18.3. The molecule has 0 aromatic heterocycles. The van der Waals surface area contributed by atoms with Crippen molar-refractivity contribution in [3.8, 4) is 11.5 Å². The van der Waals surface area contributed by atoms with Gasteiger partial charge in [-0.1, -0.05) is 12.1 Å². The molecule has 0 N–H and O–H groups in total. The zero-order valence-corrected chi connectivity index (χ0v) is 13.3. The molecule has 1 atom stereocenters. The minimum Gasteiger partial charge on any atom is -0.493 e. The average molecular weight is 323 g/mol. The van der Waals surface area contributed by atoms with Crippen LogP contribution in [-0.2, 0) is 14.3 Å². The molecule has 0 saturated carbocycles. The monoisotopic (exact) mass is 323 g/mol. The second-order valence-corrected chi connectivity index (χ2v) is 5.08. The van der Waals surface area contributed by atoms with Gasteiger partial charge in [-0.25, -0.2) is 4.79 Å². The number of piperidine rings is 1. The maximum Gasteiger partial charge on any atom is 0.508 e. The first kappa shape index (κ1) is 17.1. The standard InChI is InChI=1S/C16H21NO6/c1-20-13-5-3-4-6-14(13)22-10-9-17-8-7-12(18)15(11-17)23-16(19)21-2/h3-6,15H,7-11H2,1-2H3. The molecule has 7 heteroatoms. The van der Waals surface area contributed by atoms with E-state index in [2.05, 4.69) is 4.74 Å².